The molecule has 0 aliphatic carbocycles. The monoisotopic (exact) mass is 419 g/mol. The molecule has 0 radical (unpaired) electrons. The van der Waals surface area contributed by atoms with Crippen LogP contribution in [0.15, 0.2) is 72.8 Å². The second kappa shape index (κ2) is 10.2. The number of ether oxygens (including phenoxy) is 1. The summed E-state index contributed by atoms with van der Waals surface area (Å²) in [5, 5.41) is 23.1. The van der Waals surface area contributed by atoms with Crippen molar-refractivity contribution in [2.45, 2.75) is 13.8 Å². The van der Waals surface area contributed by atoms with Crippen molar-refractivity contribution in [3.8, 4) is 5.75 Å². The minimum atomic E-state index is -0.618. The van der Waals surface area contributed by atoms with Gasteiger partial charge in [-0.25, -0.2) is 10.3 Å². The molecule has 3 aromatic rings. The molecule has 0 saturated carbocycles. The first-order chi connectivity index (χ1) is 14.9. The predicted octanol–water partition coefficient (Wildman–Crippen LogP) is 5.47. The fourth-order valence-corrected chi connectivity index (χ4v) is 2.51. The van der Waals surface area contributed by atoms with E-state index < -0.39 is 12.5 Å². The van der Waals surface area contributed by atoms with Crippen LogP contribution in [0.2, 0.25) is 0 Å². The lowest BCUT2D eigenvalue weighted by atomic mass is 10.2. The van der Waals surface area contributed by atoms with Gasteiger partial charge in [-0.1, -0.05) is 47.5 Å². The van der Waals surface area contributed by atoms with E-state index in [1.165, 1.54) is 0 Å². The number of aliphatic hydroxyl groups is 2. The van der Waals surface area contributed by atoms with Crippen molar-refractivity contribution < 1.29 is 19.5 Å². The number of carbonyl (C=O) groups excluding carboxylic acids is 1. The molecule has 0 atom stereocenters. The van der Waals surface area contributed by atoms with Gasteiger partial charge in [0.1, 0.15) is 5.75 Å². The topological polar surface area (TPSA) is 121 Å². The quantitative estimate of drug-likeness (QED) is 0.133. The molecule has 0 aliphatic heterocycles. The van der Waals surface area contributed by atoms with Crippen molar-refractivity contribution in [2.24, 2.45) is 0 Å². The first kappa shape index (κ1) is 21.8. The van der Waals surface area contributed by atoms with Crippen molar-refractivity contribution in [3.63, 3.8) is 0 Å². The Bertz CT molecular complexity index is 1020. The third kappa shape index (κ3) is 6.84. The number of rotatable bonds is 7. The van der Waals surface area contributed by atoms with Gasteiger partial charge in [-0.3, -0.25) is 5.32 Å². The number of amides is 1. The largest absolute Gasteiger partial charge is 0.476 e. The van der Waals surface area contributed by atoms with Crippen molar-refractivity contribution in [1.82, 2.24) is 0 Å². The first-order valence-corrected chi connectivity index (χ1v) is 9.45. The van der Waals surface area contributed by atoms with Gasteiger partial charge in [0.15, 0.2) is 0 Å². The third-order valence-electron chi connectivity index (χ3n) is 4.19. The maximum absolute atomic E-state index is 12.0. The molecule has 1 amide bonds. The van der Waals surface area contributed by atoms with Crippen LogP contribution in [0.4, 0.5) is 16.2 Å². The fourth-order valence-electron chi connectivity index (χ4n) is 2.51. The highest BCUT2D eigenvalue weighted by Crippen LogP contribution is 2.17. The summed E-state index contributed by atoms with van der Waals surface area (Å²) in [6, 6.07) is 20.9. The van der Waals surface area contributed by atoms with Crippen molar-refractivity contribution in [2.75, 3.05) is 10.6 Å². The molecule has 0 aliphatic rings. The van der Waals surface area contributed by atoms with Crippen LogP contribution in [0.25, 0.3) is 5.48 Å². The van der Waals surface area contributed by atoms with Crippen LogP contribution in [0.5, 0.6) is 5.75 Å². The van der Waals surface area contributed by atoms with Gasteiger partial charge in [0.2, 0.25) is 6.41 Å². The zero-order chi connectivity index (χ0) is 22.2. The minimum Gasteiger partial charge on any atom is -0.476 e. The Kier molecular flexibility index (Phi) is 7.21. The molecule has 8 nitrogen and oxygen atoms in total. The smallest absolute Gasteiger partial charge is 0.417 e. The van der Waals surface area contributed by atoms with Gasteiger partial charge in [-0.2, -0.15) is 0 Å². The molecular formula is C23H23N4O4-. The highest BCUT2D eigenvalue weighted by molar-refractivity contribution is 6.04. The van der Waals surface area contributed by atoms with E-state index in [-0.39, 0.29) is 5.84 Å². The number of hydroxylamine groups is 1. The molecule has 8 heteroatoms. The van der Waals surface area contributed by atoms with E-state index in [2.05, 4.69) is 21.0 Å². The average Bonchev–Trinajstić information content (AvgIpc) is 2.76. The molecule has 0 bridgehead atoms. The second-order valence-electron chi connectivity index (χ2n) is 6.77. The molecule has 0 saturated heterocycles. The van der Waals surface area contributed by atoms with Crippen LogP contribution in [-0.2, 0) is 0 Å². The van der Waals surface area contributed by atoms with E-state index >= 15 is 0 Å². The molecule has 0 fully saturated rings. The molecule has 31 heavy (non-hydrogen) atoms. The van der Waals surface area contributed by atoms with E-state index in [9.17, 15) is 9.90 Å². The highest BCUT2D eigenvalue weighted by Gasteiger charge is 2.06. The van der Waals surface area contributed by atoms with Crippen LogP contribution in [0.1, 0.15) is 16.7 Å². The zero-order valence-corrected chi connectivity index (χ0v) is 17.1. The third-order valence-corrected chi connectivity index (χ3v) is 4.19. The fraction of sp³-hybridized carbons (Fsp3) is 0.0870. The Morgan fingerprint density at radius 3 is 2.06 bits per heavy atom. The van der Waals surface area contributed by atoms with Crippen LogP contribution in [0, 0.1) is 25.7 Å². The Balaban J connectivity index is 1.46. The number of benzene rings is 3. The minimum absolute atomic E-state index is 0.159. The van der Waals surface area contributed by atoms with Gasteiger partial charge < -0.3 is 25.4 Å². The first-order valence-electron chi connectivity index (χ1n) is 9.45. The maximum atomic E-state index is 12.0. The van der Waals surface area contributed by atoms with Crippen molar-refractivity contribution >= 4 is 23.3 Å². The molecule has 5 N–H and O–H groups in total. The van der Waals surface area contributed by atoms with E-state index in [1.54, 1.807) is 48.5 Å². The van der Waals surface area contributed by atoms with Gasteiger partial charge in [0.05, 0.1) is 0 Å². The summed E-state index contributed by atoms with van der Waals surface area (Å²) < 4.78 is 5.23. The summed E-state index contributed by atoms with van der Waals surface area (Å²) in [5.41, 5.74) is 7.60. The van der Waals surface area contributed by atoms with Gasteiger partial charge in [-0.15, -0.1) is 0 Å². The van der Waals surface area contributed by atoms with Crippen LogP contribution in [0.3, 0.4) is 0 Å². The molecule has 160 valence electrons. The number of nitrogens with one attached hydrogen (secondary N) is 3. The number of nitrogens with zero attached hydrogens (tertiary/aromatic N) is 1. The van der Waals surface area contributed by atoms with E-state index in [1.807, 2.05) is 38.1 Å². The van der Waals surface area contributed by atoms with Gasteiger partial charge in [0, 0.05) is 17.2 Å². The Hall–Kier alpha value is -3.88. The molecular weight excluding hydrogens is 396 g/mol. The molecule has 0 heterocycles. The number of hydrogen-bond donors (Lipinski definition) is 4. The number of aliphatic hydroxyl groups excluding tert-OH is 1. The Morgan fingerprint density at radius 1 is 0.935 bits per heavy atom. The summed E-state index contributed by atoms with van der Waals surface area (Å²) in [7, 11) is 0. The molecule has 0 unspecified atom stereocenters. The summed E-state index contributed by atoms with van der Waals surface area (Å²) in [6.07, 6.45) is -1.05. The number of carbonyl (C=O) groups is 1. The van der Waals surface area contributed by atoms with Gasteiger partial charge in [-0.05, 0) is 55.8 Å². The lowest BCUT2D eigenvalue weighted by Gasteiger charge is -2.25. The lowest BCUT2D eigenvalue weighted by molar-refractivity contribution is -0.0486. The van der Waals surface area contributed by atoms with Crippen molar-refractivity contribution in [1.29, 1.82) is 5.41 Å². The van der Waals surface area contributed by atoms with Crippen LogP contribution < -0.4 is 15.4 Å². The van der Waals surface area contributed by atoms with Gasteiger partial charge in [0.25, 0.3) is 0 Å². The summed E-state index contributed by atoms with van der Waals surface area (Å²) in [4.78, 5) is 15.6. The summed E-state index contributed by atoms with van der Waals surface area (Å²) in [5.74, 6) is 0.154. The van der Waals surface area contributed by atoms with Gasteiger partial charge >= 0.3 is 6.09 Å². The van der Waals surface area contributed by atoms with E-state index in [4.69, 9.17) is 10.1 Å². The lowest BCUT2D eigenvalue weighted by Crippen LogP contribution is -2.17. The normalized spacial score (nSPS) is 10.5. The number of hydrogen-bond acceptors (Lipinski definition) is 5. The molecule has 3 rings (SSSR count). The second-order valence-corrected chi connectivity index (χ2v) is 6.77. The zero-order valence-electron chi connectivity index (χ0n) is 17.1. The molecule has 3 aromatic carbocycles. The Morgan fingerprint density at radius 2 is 1.48 bits per heavy atom. The SMILES string of the molecule is Cc1ccc(NC(=O)Oc2ccc(C(=N)[N-][OH+][C-](O)Nc3ccc(C)cc3)cc2)cc1. The number of aryl methyl sites for hydroxylation is 2. The number of anilines is 2. The maximum Gasteiger partial charge on any atom is 0.417 e. The standard InChI is InChI=1S/C23H23N4O4/c1-15-3-9-18(10-4-15)25-22(28)30-20-13-7-17(8-14-20)21(24)27-31-23(29)26-19-11-5-16(2)6-12-19/h3-14,26,29,31H,1-2H3,(H2-,24,25,27,28)/q-1. The van der Waals surface area contributed by atoms with Crippen LogP contribution in [-0.4, -0.2) is 21.9 Å². The van der Waals surface area contributed by atoms with E-state index in [0.29, 0.717) is 22.7 Å². The van der Waals surface area contributed by atoms with Crippen LogP contribution >= 0.6 is 0 Å². The predicted molar refractivity (Wildman–Crippen MR) is 119 cm³/mol. The number of amidine groups is 1. The molecule has 0 spiro atoms. The van der Waals surface area contributed by atoms with Crippen molar-refractivity contribution in [3.05, 3.63) is 101 Å². The van der Waals surface area contributed by atoms with E-state index in [0.717, 1.165) is 11.1 Å². The average molecular weight is 419 g/mol. The summed E-state index contributed by atoms with van der Waals surface area (Å²) in [6.45, 7) is 3.92. The highest BCUT2D eigenvalue weighted by atomic mass is 16.7. The Labute approximate surface area is 180 Å². The summed E-state index contributed by atoms with van der Waals surface area (Å²) >= 11 is 0. The molecule has 0 aromatic heterocycles.